The highest BCUT2D eigenvalue weighted by molar-refractivity contribution is 6.16. The van der Waals surface area contributed by atoms with Gasteiger partial charge in [-0.15, -0.1) is 0 Å². The van der Waals surface area contributed by atoms with E-state index in [2.05, 4.69) is 141 Å². The summed E-state index contributed by atoms with van der Waals surface area (Å²) in [5, 5.41) is 6.76. The van der Waals surface area contributed by atoms with E-state index in [4.69, 9.17) is 15.0 Å². The van der Waals surface area contributed by atoms with Crippen molar-refractivity contribution >= 4 is 54.6 Å². The van der Waals surface area contributed by atoms with Crippen molar-refractivity contribution in [3.8, 4) is 56.3 Å². The molecule has 12 aromatic rings. The minimum atomic E-state index is 0.814. The van der Waals surface area contributed by atoms with Gasteiger partial charge in [0.25, 0.3) is 0 Å². The molecule has 4 aromatic carbocycles. The van der Waals surface area contributed by atoms with Crippen LogP contribution in [0.1, 0.15) is 11.4 Å². The maximum atomic E-state index is 5.42. The van der Waals surface area contributed by atoms with Gasteiger partial charge in [0.05, 0.1) is 39.5 Å². The van der Waals surface area contributed by atoms with E-state index >= 15 is 0 Å². The van der Waals surface area contributed by atoms with E-state index in [1.165, 1.54) is 0 Å². The summed E-state index contributed by atoms with van der Waals surface area (Å²) in [6.07, 6.45) is 9.15. The lowest BCUT2D eigenvalue weighted by atomic mass is 9.96. The first-order chi connectivity index (χ1) is 29.6. The summed E-state index contributed by atoms with van der Waals surface area (Å²) in [6.45, 7) is 4.20. The van der Waals surface area contributed by atoms with Crippen molar-refractivity contribution in [3.63, 3.8) is 0 Å². The first-order valence-electron chi connectivity index (χ1n) is 20.0. The standard InChI is InChI=1S/C52H34N8/c1-31-36(15-10-26-54-31)50-48(35-12-9-24-53-30-35)58-52-40-23-21-34(29-43(40)38-14-4-6-19-46(38)60(50)52)33-20-22-39-42(28-33)37-13-3-5-18-45(37)59-32(2)47(57-51(39)59)41-16-11-27-56-49(41)44-17-7-8-25-55-44/h3-30H,1-2H3. The Bertz CT molecular complexity index is 3680. The number of fused-ring (bicyclic) bond motifs is 12. The van der Waals surface area contributed by atoms with Gasteiger partial charge in [-0.25, -0.2) is 9.97 Å². The summed E-state index contributed by atoms with van der Waals surface area (Å²) in [5.41, 5.74) is 15.6. The highest BCUT2D eigenvalue weighted by Gasteiger charge is 2.24. The van der Waals surface area contributed by atoms with E-state index < -0.39 is 0 Å². The molecule has 60 heavy (non-hydrogen) atoms. The van der Waals surface area contributed by atoms with E-state index in [1.54, 1.807) is 12.4 Å². The van der Waals surface area contributed by atoms with Gasteiger partial charge in [0.1, 0.15) is 11.3 Å². The Morgan fingerprint density at radius 3 is 1.72 bits per heavy atom. The third-order valence-corrected chi connectivity index (χ3v) is 11.9. The number of para-hydroxylation sites is 2. The van der Waals surface area contributed by atoms with Crippen LogP contribution in [0, 0.1) is 13.8 Å². The Labute approximate surface area is 344 Å². The third kappa shape index (κ3) is 5.04. The highest BCUT2D eigenvalue weighted by atomic mass is 15.0. The molecule has 0 fully saturated rings. The maximum Gasteiger partial charge on any atom is 0.146 e. The van der Waals surface area contributed by atoms with Crippen molar-refractivity contribution in [3.05, 3.63) is 182 Å². The average Bonchev–Trinajstić information content (AvgIpc) is 3.89. The second-order valence-electron chi connectivity index (χ2n) is 15.2. The fraction of sp³-hybridized carbons (Fsp3) is 0.0385. The Hall–Kier alpha value is -8.10. The van der Waals surface area contributed by atoms with Gasteiger partial charge >= 0.3 is 0 Å². The molecule has 0 bridgehead atoms. The van der Waals surface area contributed by atoms with Crippen LogP contribution in [0.3, 0.4) is 0 Å². The summed E-state index contributed by atoms with van der Waals surface area (Å²) in [7, 11) is 0. The number of pyridine rings is 6. The molecule has 0 aliphatic rings. The second kappa shape index (κ2) is 13.2. The Morgan fingerprint density at radius 2 is 1.03 bits per heavy atom. The maximum absolute atomic E-state index is 5.42. The molecular weight excluding hydrogens is 737 g/mol. The average molecular weight is 771 g/mol. The lowest BCUT2D eigenvalue weighted by molar-refractivity contribution is 1.17. The number of rotatable bonds is 5. The zero-order valence-corrected chi connectivity index (χ0v) is 32.7. The molecule has 0 atom stereocenters. The Morgan fingerprint density at radius 1 is 0.417 bits per heavy atom. The van der Waals surface area contributed by atoms with Gasteiger partial charge in [-0.05, 0) is 121 Å². The predicted molar refractivity (Wildman–Crippen MR) is 242 cm³/mol. The largest absolute Gasteiger partial charge is 0.296 e. The topological polar surface area (TPSA) is 86.2 Å². The fourth-order valence-electron chi connectivity index (χ4n) is 9.13. The van der Waals surface area contributed by atoms with Gasteiger partial charge < -0.3 is 0 Å². The van der Waals surface area contributed by atoms with Crippen LogP contribution in [0.5, 0.6) is 0 Å². The van der Waals surface area contributed by atoms with E-state index in [-0.39, 0.29) is 0 Å². The fourth-order valence-corrected chi connectivity index (χ4v) is 9.13. The zero-order valence-electron chi connectivity index (χ0n) is 32.7. The first kappa shape index (κ1) is 34.0. The molecule has 0 N–H and O–H groups in total. The molecule has 8 heterocycles. The number of aryl methyl sites for hydroxylation is 2. The highest BCUT2D eigenvalue weighted by Crippen LogP contribution is 2.42. The number of benzene rings is 4. The summed E-state index contributed by atoms with van der Waals surface area (Å²) >= 11 is 0. The van der Waals surface area contributed by atoms with Crippen LogP contribution in [-0.4, -0.2) is 38.7 Å². The summed E-state index contributed by atoms with van der Waals surface area (Å²) in [6, 6.07) is 49.0. The molecule has 8 nitrogen and oxygen atoms in total. The quantitative estimate of drug-likeness (QED) is 0.162. The lowest BCUT2D eigenvalue weighted by Gasteiger charge is -2.14. The number of nitrogens with zero attached hydrogens (tertiary/aromatic N) is 8. The van der Waals surface area contributed by atoms with Gasteiger partial charge in [0.15, 0.2) is 0 Å². The Kier molecular flexibility index (Phi) is 7.49. The summed E-state index contributed by atoms with van der Waals surface area (Å²) in [5.74, 6) is 0. The van der Waals surface area contributed by atoms with Crippen molar-refractivity contribution in [1.82, 2.24) is 38.7 Å². The predicted octanol–water partition coefficient (Wildman–Crippen LogP) is 12.1. The van der Waals surface area contributed by atoms with Crippen LogP contribution in [0.4, 0.5) is 0 Å². The summed E-state index contributed by atoms with van der Waals surface area (Å²) < 4.78 is 4.60. The van der Waals surface area contributed by atoms with Crippen molar-refractivity contribution < 1.29 is 0 Å². The van der Waals surface area contributed by atoms with Crippen LogP contribution in [0.25, 0.3) is 111 Å². The molecule has 0 aliphatic carbocycles. The smallest absolute Gasteiger partial charge is 0.146 e. The molecule has 0 aliphatic heterocycles. The van der Waals surface area contributed by atoms with Crippen molar-refractivity contribution in [2.24, 2.45) is 0 Å². The Balaban J connectivity index is 1.08. The molecule has 0 saturated carbocycles. The number of imidazole rings is 2. The van der Waals surface area contributed by atoms with Crippen molar-refractivity contribution in [2.75, 3.05) is 0 Å². The second-order valence-corrected chi connectivity index (χ2v) is 15.2. The number of hydrogen-bond donors (Lipinski definition) is 0. The number of hydrogen-bond acceptors (Lipinski definition) is 6. The monoisotopic (exact) mass is 770 g/mol. The van der Waals surface area contributed by atoms with Crippen molar-refractivity contribution in [2.45, 2.75) is 13.8 Å². The molecule has 12 rings (SSSR count). The van der Waals surface area contributed by atoms with Gasteiger partial charge in [-0.2, -0.15) is 0 Å². The van der Waals surface area contributed by atoms with Gasteiger partial charge in [-0.3, -0.25) is 28.7 Å². The van der Waals surface area contributed by atoms with Gasteiger partial charge in [0, 0.05) is 80.6 Å². The van der Waals surface area contributed by atoms with E-state index in [9.17, 15) is 0 Å². The van der Waals surface area contributed by atoms with E-state index in [0.29, 0.717) is 0 Å². The molecule has 0 amide bonds. The minimum absolute atomic E-state index is 0.814. The molecule has 0 saturated heterocycles. The van der Waals surface area contributed by atoms with Gasteiger partial charge in [0.2, 0.25) is 0 Å². The zero-order chi connectivity index (χ0) is 39.9. The molecule has 0 radical (unpaired) electrons. The van der Waals surface area contributed by atoms with E-state index in [0.717, 1.165) is 122 Å². The van der Waals surface area contributed by atoms with Crippen LogP contribution in [0.2, 0.25) is 0 Å². The molecule has 282 valence electrons. The molecule has 8 aromatic heterocycles. The molecular formula is C52H34N8. The SMILES string of the molecule is Cc1ncccc1-c1c(-c2cccnc2)nc2c3ccc(-c4ccc5c(c4)c4ccccc4n4c(C)c(-c6cccnc6-c6ccccn6)nc54)cc3c3ccccc3n12. The molecule has 0 unspecified atom stereocenters. The normalized spacial score (nSPS) is 11.8. The number of aromatic nitrogens is 8. The van der Waals surface area contributed by atoms with E-state index in [1.807, 2.05) is 55.0 Å². The molecule has 0 spiro atoms. The molecule has 8 heteroatoms. The minimum Gasteiger partial charge on any atom is -0.296 e. The van der Waals surface area contributed by atoms with Crippen LogP contribution in [0.15, 0.2) is 171 Å². The van der Waals surface area contributed by atoms with Crippen LogP contribution in [-0.2, 0) is 0 Å². The van der Waals surface area contributed by atoms with Crippen molar-refractivity contribution in [1.29, 1.82) is 0 Å². The van der Waals surface area contributed by atoms with Gasteiger partial charge in [-0.1, -0.05) is 54.6 Å². The summed E-state index contributed by atoms with van der Waals surface area (Å²) in [4.78, 5) is 29.4. The van der Waals surface area contributed by atoms with Crippen LogP contribution < -0.4 is 0 Å². The lowest BCUT2D eigenvalue weighted by Crippen LogP contribution is -1.97. The first-order valence-corrected chi connectivity index (χ1v) is 20.0. The third-order valence-electron chi connectivity index (χ3n) is 11.9. The van der Waals surface area contributed by atoms with Crippen LogP contribution >= 0.6 is 0 Å².